The van der Waals surface area contributed by atoms with Crippen LogP contribution in [0.4, 0.5) is 5.69 Å². The zero-order valence-electron chi connectivity index (χ0n) is 13.4. The van der Waals surface area contributed by atoms with Gasteiger partial charge in [0, 0.05) is 10.6 Å². The average molecular weight is 319 g/mol. The lowest BCUT2D eigenvalue weighted by molar-refractivity contribution is 0.0600. The molecule has 0 heterocycles. The highest BCUT2D eigenvalue weighted by Crippen LogP contribution is 2.34. The van der Waals surface area contributed by atoms with E-state index in [9.17, 15) is 4.79 Å². The molecule has 3 rings (SSSR count). The lowest BCUT2D eigenvalue weighted by atomic mass is 9.86. The van der Waals surface area contributed by atoms with Gasteiger partial charge in [0.25, 0.3) is 0 Å². The third kappa shape index (κ3) is 3.16. The van der Waals surface area contributed by atoms with Crippen LogP contribution in [0.1, 0.15) is 39.9 Å². The first-order valence-electron chi connectivity index (χ1n) is 7.79. The lowest BCUT2D eigenvalue weighted by Crippen LogP contribution is -2.02. The molecule has 0 amide bonds. The molecule has 5 heteroatoms. The van der Waals surface area contributed by atoms with E-state index in [-0.39, 0.29) is 0 Å². The second-order valence-electron chi connectivity index (χ2n) is 5.63. The van der Waals surface area contributed by atoms with E-state index in [0.29, 0.717) is 11.3 Å². The van der Waals surface area contributed by atoms with Gasteiger partial charge in [0.05, 0.1) is 12.7 Å². The van der Waals surface area contributed by atoms with Crippen molar-refractivity contribution in [2.45, 2.75) is 19.3 Å². The highest BCUT2D eigenvalue weighted by atomic mass is 16.5. The van der Waals surface area contributed by atoms with Crippen molar-refractivity contribution in [2.75, 3.05) is 7.11 Å². The van der Waals surface area contributed by atoms with Crippen molar-refractivity contribution in [1.29, 1.82) is 0 Å². The summed E-state index contributed by atoms with van der Waals surface area (Å²) in [4.78, 5) is 14.7. The maximum absolute atomic E-state index is 11.8. The van der Waals surface area contributed by atoms with Gasteiger partial charge in [-0.25, -0.2) is 4.79 Å². The number of ether oxygens (including phenoxy) is 1. The minimum Gasteiger partial charge on any atom is -0.465 e. The van der Waals surface area contributed by atoms with E-state index in [0.717, 1.165) is 24.8 Å². The summed E-state index contributed by atoms with van der Waals surface area (Å²) in [7, 11) is 1.35. The summed E-state index contributed by atoms with van der Waals surface area (Å²) in [5.74, 6) is -0.411. The number of allylic oxidation sites excluding steroid dienone is 1. The molecule has 0 radical (unpaired) electrons. The van der Waals surface area contributed by atoms with Gasteiger partial charge < -0.3 is 4.74 Å². The van der Waals surface area contributed by atoms with Crippen LogP contribution in [0.3, 0.4) is 0 Å². The van der Waals surface area contributed by atoms with E-state index < -0.39 is 5.97 Å². The maximum Gasteiger partial charge on any atom is 0.337 e. The summed E-state index contributed by atoms with van der Waals surface area (Å²) < 4.78 is 4.77. The Kier molecular flexibility index (Phi) is 4.64. The summed E-state index contributed by atoms with van der Waals surface area (Å²) in [5, 5.41) is 3.74. The third-order valence-electron chi connectivity index (χ3n) is 4.19. The van der Waals surface area contributed by atoms with Crippen LogP contribution in [0.15, 0.2) is 47.6 Å². The van der Waals surface area contributed by atoms with Crippen molar-refractivity contribution in [3.63, 3.8) is 0 Å². The maximum atomic E-state index is 11.8. The molecule has 0 aromatic heterocycles. The number of aryl methyl sites for hydroxylation is 1. The SMILES string of the molecule is COC(=O)c1ccc(N=[N+]=[N-])c(/C=C2\CCCc3ccccc32)c1. The van der Waals surface area contributed by atoms with Crippen molar-refractivity contribution >= 4 is 23.3 Å². The van der Waals surface area contributed by atoms with Crippen LogP contribution in [-0.2, 0) is 11.2 Å². The largest absolute Gasteiger partial charge is 0.465 e. The highest BCUT2D eigenvalue weighted by molar-refractivity contribution is 5.93. The Morgan fingerprint density at radius 3 is 2.88 bits per heavy atom. The molecule has 1 aliphatic carbocycles. The summed E-state index contributed by atoms with van der Waals surface area (Å²) in [6, 6.07) is 13.3. The first-order valence-corrected chi connectivity index (χ1v) is 7.79. The van der Waals surface area contributed by atoms with E-state index >= 15 is 0 Å². The van der Waals surface area contributed by atoms with E-state index in [4.69, 9.17) is 10.3 Å². The van der Waals surface area contributed by atoms with E-state index in [2.05, 4.69) is 22.2 Å². The molecule has 0 saturated carbocycles. The number of fused-ring (bicyclic) bond motifs is 1. The van der Waals surface area contributed by atoms with Crippen LogP contribution in [-0.4, -0.2) is 13.1 Å². The molecule has 5 nitrogen and oxygen atoms in total. The van der Waals surface area contributed by atoms with Crippen LogP contribution >= 0.6 is 0 Å². The number of benzene rings is 2. The summed E-state index contributed by atoms with van der Waals surface area (Å²) >= 11 is 0. The number of methoxy groups -OCH3 is 1. The predicted molar refractivity (Wildman–Crippen MR) is 93.8 cm³/mol. The van der Waals surface area contributed by atoms with Crippen molar-refractivity contribution < 1.29 is 9.53 Å². The van der Waals surface area contributed by atoms with Gasteiger partial charge >= 0.3 is 5.97 Å². The smallest absolute Gasteiger partial charge is 0.337 e. The van der Waals surface area contributed by atoms with E-state index in [1.165, 1.54) is 23.8 Å². The molecule has 2 aromatic rings. The van der Waals surface area contributed by atoms with Gasteiger partial charge in [0.2, 0.25) is 0 Å². The molecule has 24 heavy (non-hydrogen) atoms. The number of carbonyl (C=O) groups excluding carboxylic acids is 1. The molecule has 0 spiro atoms. The molecule has 0 unspecified atom stereocenters. The predicted octanol–water partition coefficient (Wildman–Crippen LogP) is 5.29. The van der Waals surface area contributed by atoms with Crippen LogP contribution in [0.25, 0.3) is 22.1 Å². The summed E-state index contributed by atoms with van der Waals surface area (Å²) in [6.45, 7) is 0. The van der Waals surface area contributed by atoms with Crippen molar-refractivity contribution in [3.05, 3.63) is 75.2 Å². The molecule has 0 saturated heterocycles. The van der Waals surface area contributed by atoms with Gasteiger partial charge in [-0.05, 0) is 59.2 Å². The fourth-order valence-corrected chi connectivity index (χ4v) is 3.05. The topological polar surface area (TPSA) is 75.1 Å². The number of nitrogens with zero attached hydrogens (tertiary/aromatic N) is 3. The molecule has 0 bridgehead atoms. The van der Waals surface area contributed by atoms with Crippen molar-refractivity contribution in [3.8, 4) is 0 Å². The second-order valence-corrected chi connectivity index (χ2v) is 5.63. The van der Waals surface area contributed by atoms with Crippen LogP contribution in [0.2, 0.25) is 0 Å². The van der Waals surface area contributed by atoms with Crippen LogP contribution < -0.4 is 0 Å². The standard InChI is InChI=1S/C19H17N3O2/c1-24-19(23)15-9-10-18(21-22-20)16(12-15)11-14-7-4-6-13-5-2-3-8-17(13)14/h2-3,5,8-12H,4,6-7H2,1H3/b14-11+. The number of esters is 1. The number of hydrogen-bond donors (Lipinski definition) is 0. The van der Waals surface area contributed by atoms with Crippen LogP contribution in [0.5, 0.6) is 0 Å². The Labute approximate surface area is 140 Å². The van der Waals surface area contributed by atoms with Gasteiger partial charge in [-0.15, -0.1) is 0 Å². The van der Waals surface area contributed by atoms with Crippen molar-refractivity contribution in [1.82, 2.24) is 0 Å². The Bertz CT molecular complexity index is 865. The minimum absolute atomic E-state index is 0.411. The first-order chi connectivity index (χ1) is 11.7. The van der Waals surface area contributed by atoms with E-state index in [1.807, 2.05) is 18.2 Å². The Balaban J connectivity index is 2.11. The number of rotatable bonds is 3. The van der Waals surface area contributed by atoms with Crippen LogP contribution in [0, 0.1) is 0 Å². The number of azide groups is 1. The van der Waals surface area contributed by atoms with Gasteiger partial charge in [-0.2, -0.15) is 0 Å². The fraction of sp³-hybridized carbons (Fsp3) is 0.211. The third-order valence-corrected chi connectivity index (χ3v) is 4.19. The van der Waals surface area contributed by atoms with Gasteiger partial charge in [0.15, 0.2) is 0 Å². The Morgan fingerprint density at radius 2 is 2.08 bits per heavy atom. The summed E-state index contributed by atoms with van der Waals surface area (Å²) in [5.41, 5.74) is 14.2. The van der Waals surface area contributed by atoms with Gasteiger partial charge in [-0.1, -0.05) is 41.5 Å². The average Bonchev–Trinajstić information content (AvgIpc) is 2.63. The van der Waals surface area contributed by atoms with E-state index in [1.54, 1.807) is 18.2 Å². The zero-order chi connectivity index (χ0) is 16.9. The Morgan fingerprint density at radius 1 is 1.25 bits per heavy atom. The molecular formula is C19H17N3O2. The fourth-order valence-electron chi connectivity index (χ4n) is 3.05. The summed E-state index contributed by atoms with van der Waals surface area (Å²) in [6.07, 6.45) is 5.11. The molecule has 0 atom stereocenters. The second kappa shape index (κ2) is 7.02. The molecule has 120 valence electrons. The van der Waals surface area contributed by atoms with Gasteiger partial charge in [-0.3, -0.25) is 0 Å². The molecule has 2 aromatic carbocycles. The number of hydrogen-bond acceptors (Lipinski definition) is 3. The quantitative estimate of drug-likeness (QED) is 0.333. The minimum atomic E-state index is -0.411. The first kappa shape index (κ1) is 15.8. The lowest BCUT2D eigenvalue weighted by Gasteiger charge is -2.19. The normalized spacial score (nSPS) is 14.6. The number of carbonyl (C=O) groups is 1. The van der Waals surface area contributed by atoms with Gasteiger partial charge in [0.1, 0.15) is 0 Å². The zero-order valence-corrected chi connectivity index (χ0v) is 13.4. The monoisotopic (exact) mass is 319 g/mol. The highest BCUT2D eigenvalue weighted by Gasteiger charge is 2.15. The van der Waals surface area contributed by atoms with Crippen molar-refractivity contribution in [2.24, 2.45) is 5.11 Å². The Hall–Kier alpha value is -3.04. The molecule has 1 aliphatic rings. The molecule has 0 N–H and O–H groups in total. The molecule has 0 fully saturated rings. The molecule has 0 aliphatic heterocycles. The molecular weight excluding hydrogens is 302 g/mol.